The molecule has 1 saturated heterocycles. The first-order valence-corrected chi connectivity index (χ1v) is 11.2. The van der Waals surface area contributed by atoms with Crippen LogP contribution in [0.4, 0.5) is 8.78 Å². The quantitative estimate of drug-likeness (QED) is 0.603. The predicted molar refractivity (Wildman–Crippen MR) is 112 cm³/mol. The lowest BCUT2D eigenvalue weighted by atomic mass is 10.3. The molecule has 1 fully saturated rings. The molecule has 1 amide bonds. The highest BCUT2D eigenvalue weighted by atomic mass is 32.2. The van der Waals surface area contributed by atoms with Gasteiger partial charge in [-0.25, -0.2) is 17.2 Å². The lowest BCUT2D eigenvalue weighted by Crippen LogP contribution is -2.50. The van der Waals surface area contributed by atoms with Crippen LogP contribution in [-0.2, 0) is 10.0 Å². The van der Waals surface area contributed by atoms with Gasteiger partial charge in [0.1, 0.15) is 22.2 Å². The van der Waals surface area contributed by atoms with Gasteiger partial charge in [0.05, 0.1) is 0 Å². The number of amides is 1. The van der Waals surface area contributed by atoms with E-state index in [4.69, 9.17) is 12.2 Å². The van der Waals surface area contributed by atoms with Crippen LogP contribution < -0.4 is 0 Å². The summed E-state index contributed by atoms with van der Waals surface area (Å²) in [6, 6.07) is 11.4. The highest BCUT2D eigenvalue weighted by Gasteiger charge is 2.33. The molecule has 0 unspecified atom stereocenters. The van der Waals surface area contributed by atoms with Crippen LogP contribution in [0, 0.1) is 16.4 Å². The number of aromatic nitrogens is 2. The largest absolute Gasteiger partial charge is 0.336 e. The molecule has 0 spiro atoms. The third-order valence-electron chi connectivity index (χ3n) is 5.05. The zero-order valence-corrected chi connectivity index (χ0v) is 17.8. The maximum absolute atomic E-state index is 14.0. The molecule has 0 aliphatic carbocycles. The Morgan fingerprint density at radius 3 is 2.35 bits per heavy atom. The Hall–Kier alpha value is -2.89. The molecule has 162 valence electrons. The topological polar surface area (TPSA) is 78.4 Å². The number of H-pyrrole nitrogens is 1. The van der Waals surface area contributed by atoms with Gasteiger partial charge in [-0.3, -0.25) is 9.36 Å². The van der Waals surface area contributed by atoms with Crippen LogP contribution in [0.15, 0.2) is 59.6 Å². The number of benzene rings is 2. The van der Waals surface area contributed by atoms with E-state index in [9.17, 15) is 22.0 Å². The average Bonchev–Trinajstić information content (AvgIpc) is 3.17. The van der Waals surface area contributed by atoms with Gasteiger partial charge in [0.25, 0.3) is 5.91 Å². The number of sulfonamides is 1. The molecule has 0 bridgehead atoms. The first-order chi connectivity index (χ1) is 14.8. The fraction of sp³-hybridized carbons (Fsp3) is 0.200. The van der Waals surface area contributed by atoms with E-state index >= 15 is 0 Å². The van der Waals surface area contributed by atoms with Gasteiger partial charge in [-0.15, -0.1) is 0 Å². The third-order valence-corrected chi connectivity index (χ3v) is 7.26. The molecule has 1 aromatic heterocycles. The zero-order chi connectivity index (χ0) is 22.2. The standard InChI is InChI=1S/C20H18F2N4O3S2/c21-14-6-7-16(22)18(12-14)31(28,29)25-10-8-24(9-11-25)19(27)17-13-23-20(30)26(17)15-4-2-1-3-5-15/h1-7,12-13H,8-11H2,(H,23,30). The number of carbonyl (C=O) groups is 1. The highest BCUT2D eigenvalue weighted by Crippen LogP contribution is 2.22. The van der Waals surface area contributed by atoms with E-state index in [0.29, 0.717) is 16.5 Å². The minimum atomic E-state index is -4.22. The normalized spacial score (nSPS) is 15.2. The van der Waals surface area contributed by atoms with Gasteiger partial charge in [-0.1, -0.05) is 18.2 Å². The number of para-hydroxylation sites is 1. The van der Waals surface area contributed by atoms with Crippen molar-refractivity contribution < 1.29 is 22.0 Å². The van der Waals surface area contributed by atoms with Gasteiger partial charge in [0, 0.05) is 38.1 Å². The molecule has 1 aliphatic rings. The fourth-order valence-corrected chi connectivity index (χ4v) is 5.23. The van der Waals surface area contributed by atoms with Crippen LogP contribution >= 0.6 is 12.2 Å². The van der Waals surface area contributed by atoms with Crippen molar-refractivity contribution in [3.8, 4) is 5.69 Å². The number of nitrogens with one attached hydrogen (secondary N) is 1. The van der Waals surface area contributed by atoms with Crippen molar-refractivity contribution in [1.29, 1.82) is 0 Å². The van der Waals surface area contributed by atoms with E-state index < -0.39 is 26.6 Å². The lowest BCUT2D eigenvalue weighted by molar-refractivity contribution is 0.0689. The van der Waals surface area contributed by atoms with Gasteiger partial charge < -0.3 is 9.88 Å². The van der Waals surface area contributed by atoms with Crippen LogP contribution in [0.2, 0.25) is 0 Å². The van der Waals surface area contributed by atoms with E-state index in [-0.39, 0.29) is 32.1 Å². The Balaban J connectivity index is 1.53. The van der Waals surface area contributed by atoms with Gasteiger partial charge in [0.15, 0.2) is 4.77 Å². The smallest absolute Gasteiger partial charge is 0.272 e. The van der Waals surface area contributed by atoms with Crippen LogP contribution in [0.5, 0.6) is 0 Å². The number of halogens is 2. The minimum Gasteiger partial charge on any atom is -0.336 e. The number of hydrogen-bond acceptors (Lipinski definition) is 4. The Morgan fingerprint density at radius 1 is 1.00 bits per heavy atom. The number of imidazole rings is 1. The van der Waals surface area contributed by atoms with Crippen LogP contribution in [-0.4, -0.2) is 59.3 Å². The summed E-state index contributed by atoms with van der Waals surface area (Å²) in [7, 11) is -4.22. The van der Waals surface area contributed by atoms with Crippen molar-refractivity contribution in [2.45, 2.75) is 4.90 Å². The first-order valence-electron chi connectivity index (χ1n) is 9.39. The molecule has 1 aliphatic heterocycles. The summed E-state index contributed by atoms with van der Waals surface area (Å²) in [4.78, 5) is 16.8. The molecule has 7 nitrogen and oxygen atoms in total. The number of nitrogens with zero attached hydrogens (tertiary/aromatic N) is 3. The zero-order valence-electron chi connectivity index (χ0n) is 16.2. The summed E-state index contributed by atoms with van der Waals surface area (Å²) in [6.45, 7) is 0.116. The Kier molecular flexibility index (Phi) is 5.73. The summed E-state index contributed by atoms with van der Waals surface area (Å²) in [5.74, 6) is -2.18. The van der Waals surface area contributed by atoms with Gasteiger partial charge in [-0.2, -0.15) is 4.31 Å². The van der Waals surface area contributed by atoms with Gasteiger partial charge >= 0.3 is 0 Å². The number of piperazine rings is 1. The molecule has 0 atom stereocenters. The van der Waals surface area contributed by atoms with E-state index in [1.807, 2.05) is 30.3 Å². The molecule has 1 N–H and O–H groups in total. The fourth-order valence-electron chi connectivity index (χ4n) is 3.47. The van der Waals surface area contributed by atoms with Crippen molar-refractivity contribution in [3.05, 3.63) is 76.8 Å². The highest BCUT2D eigenvalue weighted by molar-refractivity contribution is 7.89. The van der Waals surface area contributed by atoms with Crippen molar-refractivity contribution in [2.24, 2.45) is 0 Å². The summed E-state index contributed by atoms with van der Waals surface area (Å²) in [6.07, 6.45) is 1.52. The second kappa shape index (κ2) is 8.33. The van der Waals surface area contributed by atoms with E-state index in [0.717, 1.165) is 22.1 Å². The lowest BCUT2D eigenvalue weighted by Gasteiger charge is -2.34. The number of hydrogen-bond donors (Lipinski definition) is 1. The predicted octanol–water partition coefficient (Wildman–Crippen LogP) is 2.96. The molecule has 2 aromatic carbocycles. The second-order valence-corrected chi connectivity index (χ2v) is 9.21. The van der Waals surface area contributed by atoms with Gasteiger partial charge in [0.2, 0.25) is 10.0 Å². The monoisotopic (exact) mass is 464 g/mol. The molecule has 4 rings (SSSR count). The van der Waals surface area contributed by atoms with Crippen molar-refractivity contribution in [3.63, 3.8) is 0 Å². The Bertz CT molecular complexity index is 1280. The third kappa shape index (κ3) is 4.03. The summed E-state index contributed by atoms with van der Waals surface area (Å²) >= 11 is 5.30. The van der Waals surface area contributed by atoms with Crippen molar-refractivity contribution in [1.82, 2.24) is 18.8 Å². The van der Waals surface area contributed by atoms with Crippen LogP contribution in [0.3, 0.4) is 0 Å². The Morgan fingerprint density at radius 2 is 1.68 bits per heavy atom. The first kappa shape index (κ1) is 21.3. The van der Waals surface area contributed by atoms with Crippen LogP contribution in [0.25, 0.3) is 5.69 Å². The maximum atomic E-state index is 14.0. The van der Waals surface area contributed by atoms with Crippen molar-refractivity contribution in [2.75, 3.05) is 26.2 Å². The molecule has 31 heavy (non-hydrogen) atoms. The average molecular weight is 465 g/mol. The molecule has 3 aromatic rings. The van der Waals surface area contributed by atoms with Crippen LogP contribution in [0.1, 0.15) is 10.5 Å². The van der Waals surface area contributed by atoms with Crippen molar-refractivity contribution >= 4 is 28.1 Å². The molecular formula is C20H18F2N4O3S2. The van der Waals surface area contributed by atoms with Gasteiger partial charge in [-0.05, 0) is 42.5 Å². The molecule has 2 heterocycles. The number of aromatic amines is 1. The van der Waals surface area contributed by atoms with E-state index in [2.05, 4.69) is 4.98 Å². The summed E-state index contributed by atoms with van der Waals surface area (Å²) in [5, 5.41) is 0. The maximum Gasteiger partial charge on any atom is 0.272 e. The molecule has 0 saturated carbocycles. The minimum absolute atomic E-state index is 0.0412. The molecule has 11 heteroatoms. The molecular weight excluding hydrogens is 446 g/mol. The van der Waals surface area contributed by atoms with E-state index in [1.54, 1.807) is 4.57 Å². The summed E-state index contributed by atoms with van der Waals surface area (Å²) in [5.41, 5.74) is 1.04. The number of rotatable bonds is 4. The Labute approximate surface area is 182 Å². The second-order valence-electron chi connectivity index (χ2n) is 6.92. The van der Waals surface area contributed by atoms with E-state index in [1.165, 1.54) is 11.1 Å². The SMILES string of the molecule is O=C(c1c[nH]c(=S)n1-c1ccccc1)N1CCN(S(=O)(=O)c2cc(F)ccc2F)CC1. The number of carbonyl (C=O) groups excluding carboxylic acids is 1. The summed E-state index contributed by atoms with van der Waals surface area (Å²) < 4.78 is 56.0. The molecule has 0 radical (unpaired) electrons.